The monoisotopic (exact) mass is 471 g/mol. The number of carbonyl (C=O) groups is 4. The number of allylic oxidation sites excluding steroid dienone is 2. The normalized spacial score (nSPS) is 23.9. The zero-order valence-electron chi connectivity index (χ0n) is 19.0. The molecule has 0 radical (unpaired) electrons. The summed E-state index contributed by atoms with van der Waals surface area (Å²) >= 11 is 0. The Labute approximate surface area is 191 Å². The van der Waals surface area contributed by atoms with Crippen LogP contribution in [-0.4, -0.2) is 80.1 Å². The molecule has 0 unspecified atom stereocenters. The van der Waals surface area contributed by atoms with Gasteiger partial charge in [0.15, 0.2) is 24.2 Å². The van der Waals surface area contributed by atoms with Crippen LogP contribution in [0.2, 0.25) is 0 Å². The first-order valence-electron chi connectivity index (χ1n) is 10.6. The van der Waals surface area contributed by atoms with Crippen LogP contribution in [0.3, 0.4) is 0 Å². The van der Waals surface area contributed by atoms with Gasteiger partial charge in [0.05, 0.1) is 19.8 Å². The molecule has 1 saturated heterocycles. The van der Waals surface area contributed by atoms with Gasteiger partial charge < -0.3 is 38.1 Å². The van der Waals surface area contributed by atoms with Crippen molar-refractivity contribution >= 4 is 24.2 Å². The summed E-state index contributed by atoms with van der Waals surface area (Å²) in [5, 5.41) is 0. The standard InChI is InChI=1S/C21H29NO11/c1-5-27-19(24)30-12-15-16(32-20(25)28-6-2)17(33-21(26)29-7-3)18(31-15)22-10-8-9-14(11-22)13(4)23/h8,10-11,15-18H,5-7,9,12H2,1-4H3/t15-,16-,17-,18-/m1/s1. The summed E-state index contributed by atoms with van der Waals surface area (Å²) in [6.45, 7) is 6.05. The Morgan fingerprint density at radius 2 is 1.48 bits per heavy atom. The van der Waals surface area contributed by atoms with E-state index in [4.69, 9.17) is 33.2 Å². The van der Waals surface area contributed by atoms with E-state index in [9.17, 15) is 19.2 Å². The van der Waals surface area contributed by atoms with Crippen LogP contribution in [0.1, 0.15) is 34.1 Å². The number of nitrogens with zero attached hydrogens (tertiary/aromatic N) is 1. The van der Waals surface area contributed by atoms with Crippen molar-refractivity contribution in [2.45, 2.75) is 58.7 Å². The van der Waals surface area contributed by atoms with Crippen LogP contribution >= 0.6 is 0 Å². The fourth-order valence-electron chi connectivity index (χ4n) is 3.16. The zero-order valence-corrected chi connectivity index (χ0v) is 19.0. The average molecular weight is 471 g/mol. The molecule has 0 spiro atoms. The third kappa shape index (κ3) is 7.38. The molecule has 33 heavy (non-hydrogen) atoms. The summed E-state index contributed by atoms with van der Waals surface area (Å²) in [4.78, 5) is 49.2. The lowest BCUT2D eigenvalue weighted by Crippen LogP contribution is -2.45. The minimum Gasteiger partial charge on any atom is -0.435 e. The molecule has 12 heteroatoms. The predicted molar refractivity (Wildman–Crippen MR) is 110 cm³/mol. The molecule has 0 aromatic carbocycles. The number of ketones is 1. The molecule has 0 aromatic rings. The van der Waals surface area contributed by atoms with E-state index in [1.807, 2.05) is 0 Å². The van der Waals surface area contributed by atoms with Crippen LogP contribution in [-0.2, 0) is 38.0 Å². The topological polar surface area (TPSA) is 136 Å². The number of ether oxygens (including phenoxy) is 7. The first kappa shape index (κ1) is 26.0. The highest BCUT2D eigenvalue weighted by Crippen LogP contribution is 2.32. The molecule has 184 valence electrons. The van der Waals surface area contributed by atoms with Crippen molar-refractivity contribution in [1.82, 2.24) is 4.90 Å². The van der Waals surface area contributed by atoms with Crippen LogP contribution < -0.4 is 0 Å². The number of hydrogen-bond donors (Lipinski definition) is 0. The van der Waals surface area contributed by atoms with Crippen molar-refractivity contribution in [3.8, 4) is 0 Å². The van der Waals surface area contributed by atoms with Gasteiger partial charge in [0.1, 0.15) is 12.7 Å². The molecule has 2 aliphatic heterocycles. The molecule has 12 nitrogen and oxygen atoms in total. The second-order valence-electron chi connectivity index (χ2n) is 6.84. The fourth-order valence-corrected chi connectivity index (χ4v) is 3.16. The van der Waals surface area contributed by atoms with Crippen molar-refractivity contribution in [3.63, 3.8) is 0 Å². The van der Waals surface area contributed by atoms with Crippen molar-refractivity contribution in [3.05, 3.63) is 24.0 Å². The predicted octanol–water partition coefficient (Wildman–Crippen LogP) is 2.66. The van der Waals surface area contributed by atoms with E-state index in [1.54, 1.807) is 39.2 Å². The van der Waals surface area contributed by atoms with Gasteiger partial charge in [-0.15, -0.1) is 0 Å². The summed E-state index contributed by atoms with van der Waals surface area (Å²) in [6, 6.07) is 0. The van der Waals surface area contributed by atoms with Crippen LogP contribution in [0.25, 0.3) is 0 Å². The summed E-state index contributed by atoms with van der Waals surface area (Å²) < 4.78 is 36.2. The molecule has 0 N–H and O–H groups in total. The number of carbonyl (C=O) groups excluding carboxylic acids is 4. The van der Waals surface area contributed by atoms with Gasteiger partial charge in [-0.25, -0.2) is 14.4 Å². The largest absolute Gasteiger partial charge is 0.508 e. The van der Waals surface area contributed by atoms with Gasteiger partial charge in [-0.05, 0) is 34.1 Å². The van der Waals surface area contributed by atoms with Crippen molar-refractivity contribution in [2.75, 3.05) is 26.4 Å². The smallest absolute Gasteiger partial charge is 0.435 e. The number of hydrogen-bond acceptors (Lipinski definition) is 12. The van der Waals surface area contributed by atoms with Gasteiger partial charge in [0.25, 0.3) is 0 Å². The second-order valence-corrected chi connectivity index (χ2v) is 6.84. The minimum atomic E-state index is -1.22. The van der Waals surface area contributed by atoms with Crippen LogP contribution in [0.4, 0.5) is 14.4 Å². The van der Waals surface area contributed by atoms with Crippen LogP contribution in [0, 0.1) is 0 Å². The molecule has 2 heterocycles. The zero-order chi connectivity index (χ0) is 24.4. The lowest BCUT2D eigenvalue weighted by molar-refractivity contribution is -0.114. The quantitative estimate of drug-likeness (QED) is 0.361. The SMILES string of the molecule is CCOC(=O)OC[C@H]1O[C@@H](N2C=CCC(C(C)=O)=C2)[C@H](OC(=O)OCC)[C@@H]1OC(=O)OCC. The van der Waals surface area contributed by atoms with Gasteiger partial charge in [-0.3, -0.25) is 4.79 Å². The molecule has 0 aromatic heterocycles. The molecule has 2 aliphatic rings. The molecule has 0 saturated carbocycles. The Morgan fingerprint density at radius 3 is 2.06 bits per heavy atom. The molecule has 0 amide bonds. The molecule has 0 aliphatic carbocycles. The molecule has 4 atom stereocenters. The molecule has 2 rings (SSSR count). The van der Waals surface area contributed by atoms with E-state index in [0.717, 1.165) is 0 Å². The van der Waals surface area contributed by atoms with Crippen molar-refractivity contribution in [2.24, 2.45) is 0 Å². The Morgan fingerprint density at radius 1 is 0.909 bits per heavy atom. The van der Waals surface area contributed by atoms with Crippen molar-refractivity contribution in [1.29, 1.82) is 0 Å². The lowest BCUT2D eigenvalue weighted by atomic mass is 10.1. The summed E-state index contributed by atoms with van der Waals surface area (Å²) in [7, 11) is 0. The van der Waals surface area contributed by atoms with E-state index < -0.39 is 43.0 Å². The van der Waals surface area contributed by atoms with Gasteiger partial charge in [0.2, 0.25) is 0 Å². The Balaban J connectivity index is 2.33. The molecule has 1 fully saturated rings. The highest BCUT2D eigenvalue weighted by Gasteiger charge is 2.52. The van der Waals surface area contributed by atoms with E-state index in [2.05, 4.69) is 0 Å². The maximum atomic E-state index is 12.1. The first-order chi connectivity index (χ1) is 15.8. The Hall–Kier alpha value is -3.28. The molecule has 0 bridgehead atoms. The lowest BCUT2D eigenvalue weighted by Gasteiger charge is -2.30. The summed E-state index contributed by atoms with van der Waals surface area (Å²) in [5.41, 5.74) is 0.491. The molecular weight excluding hydrogens is 442 g/mol. The second kappa shape index (κ2) is 12.7. The third-order valence-corrected chi connectivity index (χ3v) is 4.57. The number of Topliss-reactive ketones (excluding diaryl/α,β-unsaturated/α-hetero) is 1. The highest BCUT2D eigenvalue weighted by atomic mass is 16.8. The first-order valence-corrected chi connectivity index (χ1v) is 10.6. The van der Waals surface area contributed by atoms with E-state index in [0.29, 0.717) is 12.0 Å². The highest BCUT2D eigenvalue weighted by molar-refractivity contribution is 5.93. The van der Waals surface area contributed by atoms with Crippen LogP contribution in [0.15, 0.2) is 24.0 Å². The van der Waals surface area contributed by atoms with Gasteiger partial charge >= 0.3 is 18.5 Å². The Kier molecular flexibility index (Phi) is 9.98. The van der Waals surface area contributed by atoms with Gasteiger partial charge in [-0.2, -0.15) is 0 Å². The van der Waals surface area contributed by atoms with Crippen molar-refractivity contribution < 1.29 is 52.3 Å². The van der Waals surface area contributed by atoms with E-state index >= 15 is 0 Å². The van der Waals surface area contributed by atoms with E-state index in [-0.39, 0.29) is 32.2 Å². The van der Waals surface area contributed by atoms with Crippen LogP contribution in [0.5, 0.6) is 0 Å². The Bertz CT molecular complexity index is 778. The van der Waals surface area contributed by atoms with Gasteiger partial charge in [0, 0.05) is 18.0 Å². The van der Waals surface area contributed by atoms with E-state index in [1.165, 1.54) is 11.8 Å². The minimum absolute atomic E-state index is 0.0444. The summed E-state index contributed by atoms with van der Waals surface area (Å²) in [6.07, 6.45) is -2.18. The maximum absolute atomic E-state index is 12.1. The maximum Gasteiger partial charge on any atom is 0.508 e. The summed E-state index contributed by atoms with van der Waals surface area (Å²) in [5.74, 6) is -0.147. The van der Waals surface area contributed by atoms with Gasteiger partial charge in [-0.1, -0.05) is 6.08 Å². The molecular formula is C21H29NO11. The third-order valence-electron chi connectivity index (χ3n) is 4.57. The number of rotatable bonds is 9. The average Bonchev–Trinajstić information content (AvgIpc) is 3.09. The fraction of sp³-hybridized carbons (Fsp3) is 0.619.